The molecule has 0 bridgehead atoms. The fourth-order valence-electron chi connectivity index (χ4n) is 3.95. The van der Waals surface area contributed by atoms with Crippen LogP contribution in [-0.4, -0.2) is 51.6 Å². The van der Waals surface area contributed by atoms with Crippen molar-refractivity contribution >= 4 is 24.0 Å². The van der Waals surface area contributed by atoms with Gasteiger partial charge in [-0.25, -0.2) is 4.79 Å². The Morgan fingerprint density at radius 2 is 1.68 bits per heavy atom. The highest BCUT2D eigenvalue weighted by Gasteiger charge is 2.36. The third-order valence-corrected chi connectivity index (χ3v) is 5.51. The van der Waals surface area contributed by atoms with Gasteiger partial charge in [-0.1, -0.05) is 43.0 Å². The van der Waals surface area contributed by atoms with Gasteiger partial charge in [0.1, 0.15) is 23.4 Å². The topological polar surface area (TPSA) is 108 Å². The van der Waals surface area contributed by atoms with E-state index in [9.17, 15) is 19.5 Å². The second-order valence-corrected chi connectivity index (χ2v) is 11.2. The van der Waals surface area contributed by atoms with Gasteiger partial charge < -0.3 is 25.4 Å². The summed E-state index contributed by atoms with van der Waals surface area (Å²) in [4.78, 5) is 41.9. The van der Waals surface area contributed by atoms with Crippen LogP contribution in [0.1, 0.15) is 71.2 Å². The molecule has 2 unspecified atom stereocenters. The van der Waals surface area contributed by atoms with E-state index in [2.05, 4.69) is 17.2 Å². The fraction of sp³-hybridized carbons (Fsp3) is 0.433. The van der Waals surface area contributed by atoms with Crippen molar-refractivity contribution in [3.8, 4) is 5.75 Å². The van der Waals surface area contributed by atoms with E-state index < -0.39 is 35.2 Å². The zero-order valence-electron chi connectivity index (χ0n) is 23.5. The Balaban J connectivity index is 2.53. The maximum Gasteiger partial charge on any atom is 0.408 e. The third-order valence-electron chi connectivity index (χ3n) is 5.51. The lowest BCUT2D eigenvalue weighted by atomic mass is 9.98. The van der Waals surface area contributed by atoms with Crippen LogP contribution in [0.3, 0.4) is 0 Å². The van der Waals surface area contributed by atoms with Gasteiger partial charge in [-0.05, 0) is 83.4 Å². The summed E-state index contributed by atoms with van der Waals surface area (Å²) in [6, 6.07) is 11.7. The van der Waals surface area contributed by atoms with Gasteiger partial charge in [0.15, 0.2) is 0 Å². The average molecular weight is 524 g/mol. The lowest BCUT2D eigenvalue weighted by molar-refractivity contribution is -0.142. The number of ether oxygens (including phenoxy) is 1. The number of hydrogen-bond donors (Lipinski definition) is 3. The van der Waals surface area contributed by atoms with Crippen LogP contribution in [0, 0.1) is 0 Å². The molecule has 0 aliphatic carbocycles. The van der Waals surface area contributed by atoms with Crippen molar-refractivity contribution in [3.05, 3.63) is 71.8 Å². The molecule has 0 aliphatic heterocycles. The van der Waals surface area contributed by atoms with E-state index in [0.717, 1.165) is 11.1 Å². The van der Waals surface area contributed by atoms with E-state index in [-0.39, 0.29) is 24.6 Å². The number of carbonyl (C=O) groups excluding carboxylic acids is 3. The van der Waals surface area contributed by atoms with Crippen molar-refractivity contribution in [3.63, 3.8) is 0 Å². The molecular formula is C30H41N3O5. The van der Waals surface area contributed by atoms with E-state index >= 15 is 0 Å². The van der Waals surface area contributed by atoms with Crippen LogP contribution in [0.25, 0.3) is 6.08 Å². The Morgan fingerprint density at radius 3 is 2.21 bits per heavy atom. The first-order valence-electron chi connectivity index (χ1n) is 12.8. The van der Waals surface area contributed by atoms with Crippen molar-refractivity contribution in [2.75, 3.05) is 6.54 Å². The van der Waals surface area contributed by atoms with E-state index in [0.29, 0.717) is 5.56 Å². The molecule has 0 aliphatic rings. The van der Waals surface area contributed by atoms with E-state index in [1.807, 2.05) is 39.0 Å². The molecule has 8 heteroatoms. The Kier molecular flexibility index (Phi) is 10.1. The van der Waals surface area contributed by atoms with Crippen LogP contribution >= 0.6 is 0 Å². The quantitative estimate of drug-likeness (QED) is 0.430. The minimum atomic E-state index is -1.03. The number of rotatable bonds is 9. The number of amides is 3. The summed E-state index contributed by atoms with van der Waals surface area (Å²) in [5.74, 6) is -0.688. The number of carbonyl (C=O) groups is 3. The largest absolute Gasteiger partial charge is 0.508 e. The maximum atomic E-state index is 14.1. The summed E-state index contributed by atoms with van der Waals surface area (Å²) in [7, 11) is 0. The first-order chi connectivity index (χ1) is 17.6. The van der Waals surface area contributed by atoms with Gasteiger partial charge in [-0.2, -0.15) is 0 Å². The van der Waals surface area contributed by atoms with Gasteiger partial charge in [0, 0.05) is 18.5 Å². The molecule has 2 aromatic carbocycles. The van der Waals surface area contributed by atoms with E-state index in [1.165, 1.54) is 17.0 Å². The highest BCUT2D eigenvalue weighted by molar-refractivity contribution is 5.92. The molecule has 2 atom stereocenters. The molecule has 2 aromatic rings. The SMILES string of the molecule is C=Cc1cccc(C(C(=O)NC(C)(C)C)N(CC)C(=O)C(Cc2ccc(O)cc2)NC(=O)OC(C)(C)C)c1. The zero-order valence-corrected chi connectivity index (χ0v) is 23.5. The molecule has 38 heavy (non-hydrogen) atoms. The number of phenolic OH excluding ortho intramolecular Hbond substituents is 1. The summed E-state index contributed by atoms with van der Waals surface area (Å²) in [6.07, 6.45) is 1.07. The van der Waals surface area contributed by atoms with Crippen molar-refractivity contribution < 1.29 is 24.2 Å². The summed E-state index contributed by atoms with van der Waals surface area (Å²) in [6.45, 7) is 16.6. The molecule has 0 radical (unpaired) electrons. The Bertz CT molecular complexity index is 1130. The molecule has 3 N–H and O–H groups in total. The molecular weight excluding hydrogens is 482 g/mol. The monoisotopic (exact) mass is 523 g/mol. The molecule has 0 saturated heterocycles. The molecule has 206 valence electrons. The Hall–Kier alpha value is -3.81. The fourth-order valence-corrected chi connectivity index (χ4v) is 3.95. The van der Waals surface area contributed by atoms with Crippen LogP contribution in [0.5, 0.6) is 5.75 Å². The van der Waals surface area contributed by atoms with E-state index in [4.69, 9.17) is 4.74 Å². The summed E-state index contributed by atoms with van der Waals surface area (Å²) >= 11 is 0. The predicted octanol–water partition coefficient (Wildman–Crippen LogP) is 4.98. The molecule has 0 saturated carbocycles. The highest BCUT2D eigenvalue weighted by Crippen LogP contribution is 2.25. The van der Waals surface area contributed by atoms with Gasteiger partial charge in [0.25, 0.3) is 0 Å². The maximum absolute atomic E-state index is 14.1. The molecule has 0 fully saturated rings. The van der Waals surface area contributed by atoms with Crippen molar-refractivity contribution in [1.29, 1.82) is 0 Å². The summed E-state index contributed by atoms with van der Waals surface area (Å²) in [5.41, 5.74) is 0.860. The number of likely N-dealkylation sites (N-methyl/N-ethyl adjacent to an activating group) is 1. The predicted molar refractivity (Wildman–Crippen MR) is 150 cm³/mol. The Labute approximate surface area is 226 Å². The molecule has 0 aromatic heterocycles. The summed E-state index contributed by atoms with van der Waals surface area (Å²) in [5, 5.41) is 15.4. The van der Waals surface area contributed by atoms with Gasteiger partial charge >= 0.3 is 6.09 Å². The minimum Gasteiger partial charge on any atom is -0.508 e. The summed E-state index contributed by atoms with van der Waals surface area (Å²) < 4.78 is 5.43. The van der Waals surface area contributed by atoms with Gasteiger partial charge in [0.05, 0.1) is 0 Å². The number of aromatic hydroxyl groups is 1. The molecule has 3 amide bonds. The van der Waals surface area contributed by atoms with Crippen LogP contribution < -0.4 is 10.6 Å². The van der Waals surface area contributed by atoms with Crippen LogP contribution in [0.4, 0.5) is 4.79 Å². The van der Waals surface area contributed by atoms with Gasteiger partial charge in [0.2, 0.25) is 11.8 Å². The first kappa shape index (κ1) is 30.4. The number of phenols is 1. The number of nitrogens with one attached hydrogen (secondary N) is 2. The van der Waals surface area contributed by atoms with Gasteiger partial charge in [-0.3, -0.25) is 9.59 Å². The van der Waals surface area contributed by atoms with Crippen molar-refractivity contribution in [2.45, 2.75) is 78.1 Å². The average Bonchev–Trinajstić information content (AvgIpc) is 2.80. The second kappa shape index (κ2) is 12.6. The second-order valence-electron chi connectivity index (χ2n) is 11.2. The number of nitrogens with zero attached hydrogens (tertiary/aromatic N) is 1. The third kappa shape index (κ3) is 9.25. The van der Waals surface area contributed by atoms with Crippen LogP contribution in [0.15, 0.2) is 55.1 Å². The van der Waals surface area contributed by atoms with E-state index in [1.54, 1.807) is 52.0 Å². The highest BCUT2D eigenvalue weighted by atomic mass is 16.6. The van der Waals surface area contributed by atoms with Crippen LogP contribution in [-0.2, 0) is 20.7 Å². The normalized spacial score (nSPS) is 13.1. The molecule has 0 heterocycles. The minimum absolute atomic E-state index is 0.0907. The molecule has 0 spiro atoms. The van der Waals surface area contributed by atoms with Gasteiger partial charge in [-0.15, -0.1) is 0 Å². The number of benzene rings is 2. The number of hydrogen-bond acceptors (Lipinski definition) is 5. The molecule has 2 rings (SSSR count). The lowest BCUT2D eigenvalue weighted by Gasteiger charge is -2.35. The van der Waals surface area contributed by atoms with Crippen LogP contribution in [0.2, 0.25) is 0 Å². The standard InChI is InChI=1S/C30H41N3O5/c1-9-20-12-11-13-22(18-20)25(26(35)32-29(3,4)5)33(10-2)27(36)24(31-28(37)38-30(6,7)8)19-21-14-16-23(34)17-15-21/h9,11-18,24-25,34H,1,10,19H2,2-8H3,(H,31,37)(H,32,35). The first-order valence-corrected chi connectivity index (χ1v) is 12.8. The van der Waals surface area contributed by atoms with Crippen molar-refractivity contribution in [1.82, 2.24) is 15.5 Å². The Morgan fingerprint density at radius 1 is 1.05 bits per heavy atom. The number of alkyl carbamates (subject to hydrolysis) is 1. The lowest BCUT2D eigenvalue weighted by Crippen LogP contribution is -2.55. The zero-order chi connectivity index (χ0) is 28.7. The van der Waals surface area contributed by atoms with Crippen molar-refractivity contribution in [2.24, 2.45) is 0 Å². The smallest absolute Gasteiger partial charge is 0.408 e. The molecule has 8 nitrogen and oxygen atoms in total.